The highest BCUT2D eigenvalue weighted by molar-refractivity contribution is 5.89. The number of hydrogen-bond donors (Lipinski definition) is 0. The lowest BCUT2D eigenvalue weighted by Gasteiger charge is -2.12. The van der Waals surface area contributed by atoms with E-state index in [0.717, 1.165) is 24.1 Å². The van der Waals surface area contributed by atoms with Gasteiger partial charge in [-0.3, -0.25) is 4.79 Å². The first kappa shape index (κ1) is 15.4. The van der Waals surface area contributed by atoms with E-state index in [1.165, 1.54) is 7.11 Å². The third kappa shape index (κ3) is 3.14. The highest BCUT2D eigenvalue weighted by atomic mass is 16.5. The molecule has 0 saturated carbocycles. The van der Waals surface area contributed by atoms with E-state index in [2.05, 4.69) is 15.0 Å². The van der Waals surface area contributed by atoms with Crippen LogP contribution in [0.4, 0.5) is 0 Å². The molecular formula is C16H17N3O4. The minimum Gasteiger partial charge on any atom is -0.465 e. The molecule has 1 aromatic heterocycles. The molecule has 1 aromatic carbocycles. The lowest BCUT2D eigenvalue weighted by atomic mass is 10.1. The molecule has 2 heterocycles. The van der Waals surface area contributed by atoms with Crippen molar-refractivity contribution in [2.45, 2.75) is 25.5 Å². The van der Waals surface area contributed by atoms with Crippen LogP contribution in [0.5, 0.6) is 0 Å². The standard InChI is InChI=1S/C16H17N3O4/c1-22-16(21)12-6-4-11(5-7-12)9-19-15(13(10-20)17-18-19)14-3-2-8-23-14/h4-7,10,14H,2-3,8-9H2,1H3. The van der Waals surface area contributed by atoms with Gasteiger partial charge >= 0.3 is 5.97 Å². The van der Waals surface area contributed by atoms with Crippen LogP contribution < -0.4 is 0 Å². The zero-order valence-electron chi connectivity index (χ0n) is 12.8. The first-order valence-electron chi connectivity index (χ1n) is 7.40. The summed E-state index contributed by atoms with van der Waals surface area (Å²) in [4.78, 5) is 22.6. The molecule has 120 valence electrons. The van der Waals surface area contributed by atoms with Gasteiger partial charge in [-0.2, -0.15) is 0 Å². The molecule has 3 rings (SSSR count). The Morgan fingerprint density at radius 1 is 1.43 bits per heavy atom. The van der Waals surface area contributed by atoms with E-state index >= 15 is 0 Å². The second-order valence-corrected chi connectivity index (χ2v) is 5.33. The summed E-state index contributed by atoms with van der Waals surface area (Å²) in [6, 6.07) is 7.05. The fourth-order valence-electron chi connectivity index (χ4n) is 2.70. The summed E-state index contributed by atoms with van der Waals surface area (Å²) >= 11 is 0. The maximum absolute atomic E-state index is 11.4. The summed E-state index contributed by atoms with van der Waals surface area (Å²) in [5, 5.41) is 7.99. The molecule has 1 unspecified atom stereocenters. The van der Waals surface area contributed by atoms with Gasteiger partial charge in [-0.05, 0) is 30.5 Å². The van der Waals surface area contributed by atoms with Crippen molar-refractivity contribution in [3.63, 3.8) is 0 Å². The minimum atomic E-state index is -0.374. The molecule has 2 aromatic rings. The summed E-state index contributed by atoms with van der Waals surface area (Å²) in [7, 11) is 1.35. The van der Waals surface area contributed by atoms with E-state index in [1.807, 2.05) is 12.1 Å². The van der Waals surface area contributed by atoms with E-state index in [-0.39, 0.29) is 12.1 Å². The van der Waals surface area contributed by atoms with Crippen molar-refractivity contribution in [1.82, 2.24) is 15.0 Å². The Hall–Kier alpha value is -2.54. The second kappa shape index (κ2) is 6.70. The number of benzene rings is 1. The second-order valence-electron chi connectivity index (χ2n) is 5.33. The van der Waals surface area contributed by atoms with Crippen LogP contribution in [-0.4, -0.2) is 41.0 Å². The molecule has 23 heavy (non-hydrogen) atoms. The SMILES string of the molecule is COC(=O)c1ccc(Cn2nnc(C=O)c2C2CCCO2)cc1. The van der Waals surface area contributed by atoms with Crippen LogP contribution in [0.1, 0.15) is 51.0 Å². The molecule has 1 aliphatic rings. The number of nitrogens with zero attached hydrogens (tertiary/aromatic N) is 3. The van der Waals surface area contributed by atoms with Crippen molar-refractivity contribution in [2.75, 3.05) is 13.7 Å². The van der Waals surface area contributed by atoms with Crippen LogP contribution in [0, 0.1) is 0 Å². The van der Waals surface area contributed by atoms with E-state index < -0.39 is 0 Å². The Balaban J connectivity index is 1.83. The van der Waals surface area contributed by atoms with Gasteiger partial charge in [0.05, 0.1) is 24.9 Å². The molecule has 0 amide bonds. The highest BCUT2D eigenvalue weighted by Gasteiger charge is 2.26. The van der Waals surface area contributed by atoms with Gasteiger partial charge in [-0.15, -0.1) is 5.10 Å². The Bertz CT molecular complexity index is 703. The molecule has 0 spiro atoms. The predicted molar refractivity (Wildman–Crippen MR) is 80.2 cm³/mol. The van der Waals surface area contributed by atoms with Crippen LogP contribution >= 0.6 is 0 Å². The van der Waals surface area contributed by atoms with Crippen molar-refractivity contribution in [3.8, 4) is 0 Å². The number of rotatable bonds is 5. The topological polar surface area (TPSA) is 83.3 Å². The maximum Gasteiger partial charge on any atom is 0.337 e. The van der Waals surface area contributed by atoms with Crippen LogP contribution in [0.2, 0.25) is 0 Å². The highest BCUT2D eigenvalue weighted by Crippen LogP contribution is 2.29. The summed E-state index contributed by atoms with van der Waals surface area (Å²) < 4.78 is 12.0. The van der Waals surface area contributed by atoms with Crippen molar-refractivity contribution in [2.24, 2.45) is 0 Å². The van der Waals surface area contributed by atoms with Crippen LogP contribution in [0.25, 0.3) is 0 Å². The summed E-state index contributed by atoms with van der Waals surface area (Å²) in [6.07, 6.45) is 2.39. The first-order valence-corrected chi connectivity index (χ1v) is 7.40. The van der Waals surface area contributed by atoms with Crippen LogP contribution in [0.15, 0.2) is 24.3 Å². The molecule has 0 aliphatic carbocycles. The molecule has 1 aliphatic heterocycles. The van der Waals surface area contributed by atoms with Gasteiger partial charge in [0.15, 0.2) is 12.0 Å². The lowest BCUT2D eigenvalue weighted by Crippen LogP contribution is -2.11. The number of methoxy groups -OCH3 is 1. The van der Waals surface area contributed by atoms with Crippen molar-refractivity contribution in [1.29, 1.82) is 0 Å². The van der Waals surface area contributed by atoms with Crippen LogP contribution in [-0.2, 0) is 16.0 Å². The third-order valence-electron chi connectivity index (χ3n) is 3.85. The molecule has 0 bridgehead atoms. The Labute approximate surface area is 133 Å². The number of aromatic nitrogens is 3. The van der Waals surface area contributed by atoms with Gasteiger partial charge in [0.2, 0.25) is 0 Å². The average Bonchev–Trinajstić information content (AvgIpc) is 3.23. The molecule has 1 fully saturated rings. The molecule has 7 heteroatoms. The van der Waals surface area contributed by atoms with Gasteiger partial charge in [-0.1, -0.05) is 17.3 Å². The van der Waals surface area contributed by atoms with Gasteiger partial charge in [0.1, 0.15) is 6.10 Å². The van der Waals surface area contributed by atoms with Gasteiger partial charge in [0.25, 0.3) is 0 Å². The number of esters is 1. The quantitative estimate of drug-likeness (QED) is 0.618. The Kier molecular flexibility index (Phi) is 4.47. The molecule has 1 saturated heterocycles. The monoisotopic (exact) mass is 315 g/mol. The van der Waals surface area contributed by atoms with Crippen molar-refractivity contribution < 1.29 is 19.1 Å². The van der Waals surface area contributed by atoms with Crippen LogP contribution in [0.3, 0.4) is 0 Å². The fraction of sp³-hybridized carbons (Fsp3) is 0.375. The summed E-state index contributed by atoms with van der Waals surface area (Å²) in [6.45, 7) is 1.14. The van der Waals surface area contributed by atoms with E-state index in [0.29, 0.717) is 30.7 Å². The van der Waals surface area contributed by atoms with E-state index in [4.69, 9.17) is 4.74 Å². The number of carbonyl (C=O) groups excluding carboxylic acids is 2. The minimum absolute atomic E-state index is 0.139. The summed E-state index contributed by atoms with van der Waals surface area (Å²) in [5.74, 6) is -0.374. The Morgan fingerprint density at radius 2 is 2.22 bits per heavy atom. The number of aldehydes is 1. The lowest BCUT2D eigenvalue weighted by molar-refractivity contribution is 0.0600. The maximum atomic E-state index is 11.4. The number of carbonyl (C=O) groups is 2. The Morgan fingerprint density at radius 3 is 2.83 bits per heavy atom. The molecule has 1 atom stereocenters. The zero-order valence-corrected chi connectivity index (χ0v) is 12.8. The molecule has 0 radical (unpaired) electrons. The smallest absolute Gasteiger partial charge is 0.337 e. The van der Waals surface area contributed by atoms with Crippen molar-refractivity contribution >= 4 is 12.3 Å². The normalized spacial score (nSPS) is 17.2. The van der Waals surface area contributed by atoms with E-state index in [9.17, 15) is 9.59 Å². The van der Waals surface area contributed by atoms with Gasteiger partial charge < -0.3 is 9.47 Å². The average molecular weight is 315 g/mol. The zero-order chi connectivity index (χ0) is 16.2. The molecule has 0 N–H and O–H groups in total. The molecular weight excluding hydrogens is 298 g/mol. The summed E-state index contributed by atoms with van der Waals surface area (Å²) in [5.41, 5.74) is 2.47. The van der Waals surface area contributed by atoms with Gasteiger partial charge in [-0.25, -0.2) is 9.48 Å². The van der Waals surface area contributed by atoms with Gasteiger partial charge in [0, 0.05) is 6.61 Å². The predicted octanol–water partition coefficient (Wildman–Crippen LogP) is 1.78. The largest absolute Gasteiger partial charge is 0.465 e. The van der Waals surface area contributed by atoms with E-state index in [1.54, 1.807) is 16.8 Å². The molecule has 7 nitrogen and oxygen atoms in total. The fourth-order valence-corrected chi connectivity index (χ4v) is 2.70. The van der Waals surface area contributed by atoms with Crippen molar-refractivity contribution in [3.05, 3.63) is 46.8 Å². The third-order valence-corrected chi connectivity index (χ3v) is 3.85. The number of ether oxygens (including phenoxy) is 2. The first-order chi connectivity index (χ1) is 11.2. The number of hydrogen-bond acceptors (Lipinski definition) is 6.